The number of halogens is 1. The van der Waals surface area contributed by atoms with Gasteiger partial charge in [0.25, 0.3) is 5.56 Å². The molecule has 31 heavy (non-hydrogen) atoms. The number of hydrogen-bond donors (Lipinski definition) is 0. The van der Waals surface area contributed by atoms with Crippen LogP contribution < -0.4 is 5.56 Å². The highest BCUT2D eigenvalue weighted by Crippen LogP contribution is 2.25. The van der Waals surface area contributed by atoms with Gasteiger partial charge >= 0.3 is 0 Å². The van der Waals surface area contributed by atoms with Crippen molar-refractivity contribution in [3.63, 3.8) is 0 Å². The average molecular weight is 433 g/mol. The Morgan fingerprint density at radius 2 is 1.90 bits per heavy atom. The van der Waals surface area contributed by atoms with Crippen molar-refractivity contribution in [2.24, 2.45) is 0 Å². The number of rotatable bonds is 4. The first-order valence-corrected chi connectivity index (χ1v) is 9.98. The van der Waals surface area contributed by atoms with E-state index >= 15 is 0 Å². The van der Waals surface area contributed by atoms with Crippen LogP contribution in [0.3, 0.4) is 0 Å². The van der Waals surface area contributed by atoms with Gasteiger partial charge in [-0.25, -0.2) is 9.20 Å². The Morgan fingerprint density at radius 1 is 1.06 bits per heavy atom. The summed E-state index contributed by atoms with van der Waals surface area (Å²) in [6.45, 7) is 4.10. The molecular weight excluding hydrogens is 416 g/mol. The SMILES string of the molecule is Cc1ccc(-c2cc3c(=O)n(Cc4nc(-c5ccccc5Cl)no4)ncn3n2)c(C)c1. The molecule has 0 aliphatic heterocycles. The molecule has 2 aromatic carbocycles. The van der Waals surface area contributed by atoms with E-state index in [2.05, 4.69) is 26.4 Å². The summed E-state index contributed by atoms with van der Waals surface area (Å²) < 4.78 is 8.06. The van der Waals surface area contributed by atoms with Gasteiger partial charge in [-0.1, -0.05) is 52.7 Å². The van der Waals surface area contributed by atoms with Crippen LogP contribution in [0.1, 0.15) is 17.0 Å². The summed E-state index contributed by atoms with van der Waals surface area (Å²) >= 11 is 6.19. The van der Waals surface area contributed by atoms with Crippen molar-refractivity contribution in [3.8, 4) is 22.6 Å². The molecule has 5 rings (SSSR count). The van der Waals surface area contributed by atoms with Crippen molar-refractivity contribution in [1.29, 1.82) is 0 Å². The first-order chi connectivity index (χ1) is 15.0. The fourth-order valence-corrected chi connectivity index (χ4v) is 3.70. The van der Waals surface area contributed by atoms with Gasteiger partial charge in [-0.3, -0.25) is 4.79 Å². The lowest BCUT2D eigenvalue weighted by molar-refractivity contribution is 0.362. The zero-order valence-electron chi connectivity index (χ0n) is 16.8. The van der Waals surface area contributed by atoms with Crippen molar-refractivity contribution >= 4 is 17.1 Å². The van der Waals surface area contributed by atoms with Crippen LogP contribution >= 0.6 is 11.6 Å². The van der Waals surface area contributed by atoms with Gasteiger partial charge < -0.3 is 4.52 Å². The van der Waals surface area contributed by atoms with E-state index < -0.39 is 0 Å². The summed E-state index contributed by atoms with van der Waals surface area (Å²) in [6.07, 6.45) is 1.50. The number of aryl methyl sites for hydroxylation is 2. The lowest BCUT2D eigenvalue weighted by Gasteiger charge is -2.02. The van der Waals surface area contributed by atoms with Gasteiger partial charge in [-0.15, -0.1) is 0 Å². The molecule has 0 spiro atoms. The molecule has 0 amide bonds. The van der Waals surface area contributed by atoms with Crippen molar-refractivity contribution in [1.82, 2.24) is 29.5 Å². The maximum atomic E-state index is 13.0. The summed E-state index contributed by atoms with van der Waals surface area (Å²) in [5.74, 6) is 0.610. The highest BCUT2D eigenvalue weighted by atomic mass is 35.5. The van der Waals surface area contributed by atoms with E-state index in [1.165, 1.54) is 21.1 Å². The van der Waals surface area contributed by atoms with E-state index in [1.807, 2.05) is 38.1 Å². The van der Waals surface area contributed by atoms with E-state index in [-0.39, 0.29) is 18.0 Å². The van der Waals surface area contributed by atoms with E-state index in [0.29, 0.717) is 27.6 Å². The first-order valence-electron chi connectivity index (χ1n) is 9.60. The van der Waals surface area contributed by atoms with Crippen LogP contribution in [0.4, 0.5) is 0 Å². The minimum Gasteiger partial charge on any atom is -0.337 e. The summed E-state index contributed by atoms with van der Waals surface area (Å²) in [4.78, 5) is 17.3. The molecule has 3 heterocycles. The third-order valence-corrected chi connectivity index (χ3v) is 5.35. The maximum absolute atomic E-state index is 13.0. The van der Waals surface area contributed by atoms with Crippen molar-refractivity contribution in [2.75, 3.05) is 0 Å². The fraction of sp³-hybridized carbons (Fsp3) is 0.136. The predicted molar refractivity (Wildman–Crippen MR) is 116 cm³/mol. The van der Waals surface area contributed by atoms with Crippen LogP contribution in [0.25, 0.3) is 28.2 Å². The van der Waals surface area contributed by atoms with Crippen LogP contribution in [0.15, 0.2) is 64.2 Å². The number of fused-ring (bicyclic) bond motifs is 1. The number of nitrogens with zero attached hydrogens (tertiary/aromatic N) is 6. The molecule has 154 valence electrons. The van der Waals surface area contributed by atoms with Gasteiger partial charge in [0.1, 0.15) is 18.4 Å². The van der Waals surface area contributed by atoms with Gasteiger partial charge in [0.2, 0.25) is 11.7 Å². The smallest absolute Gasteiger partial charge is 0.293 e. The Balaban J connectivity index is 1.48. The summed E-state index contributed by atoms with van der Waals surface area (Å²) in [6, 6.07) is 15.1. The van der Waals surface area contributed by atoms with Crippen LogP contribution in [0.2, 0.25) is 5.02 Å². The highest BCUT2D eigenvalue weighted by Gasteiger charge is 2.15. The Bertz CT molecular complexity index is 1480. The minimum absolute atomic E-state index is 0.0386. The van der Waals surface area contributed by atoms with Crippen LogP contribution in [0, 0.1) is 13.8 Å². The van der Waals surface area contributed by atoms with Crippen molar-refractivity contribution < 1.29 is 4.52 Å². The minimum atomic E-state index is -0.302. The Morgan fingerprint density at radius 3 is 2.71 bits per heavy atom. The number of hydrogen-bond acceptors (Lipinski definition) is 6. The molecule has 0 N–H and O–H groups in total. The summed E-state index contributed by atoms with van der Waals surface area (Å²) in [5, 5.41) is 13.2. The maximum Gasteiger partial charge on any atom is 0.293 e. The van der Waals surface area contributed by atoms with Crippen LogP contribution in [0.5, 0.6) is 0 Å². The van der Waals surface area contributed by atoms with E-state index in [1.54, 1.807) is 18.2 Å². The first kappa shape index (κ1) is 19.2. The second kappa shape index (κ2) is 7.48. The average Bonchev–Trinajstić information content (AvgIpc) is 3.38. The summed E-state index contributed by atoms with van der Waals surface area (Å²) in [5.41, 5.74) is 4.72. The van der Waals surface area contributed by atoms with E-state index in [4.69, 9.17) is 16.1 Å². The second-order valence-electron chi connectivity index (χ2n) is 7.26. The molecule has 0 aliphatic carbocycles. The lowest BCUT2D eigenvalue weighted by atomic mass is 10.0. The predicted octanol–water partition coefficient (Wildman–Crippen LogP) is 3.93. The van der Waals surface area contributed by atoms with Gasteiger partial charge in [-0.2, -0.15) is 15.2 Å². The number of benzene rings is 2. The molecular formula is C22H17ClN6O2. The molecule has 0 unspecified atom stereocenters. The molecule has 0 aliphatic rings. The van der Waals surface area contributed by atoms with Crippen LogP contribution in [-0.4, -0.2) is 29.5 Å². The fourth-order valence-electron chi connectivity index (χ4n) is 3.48. The normalized spacial score (nSPS) is 11.3. The molecule has 0 bridgehead atoms. The van der Waals surface area contributed by atoms with Crippen molar-refractivity contribution in [2.45, 2.75) is 20.4 Å². The molecule has 0 saturated heterocycles. The van der Waals surface area contributed by atoms with Crippen molar-refractivity contribution in [3.05, 3.63) is 87.3 Å². The Hall–Kier alpha value is -3.78. The standard InChI is InChI=1S/C22H17ClN6O2/c1-13-7-8-15(14(2)9-13)18-10-19-22(30)28(24-12-29(19)26-18)11-20-25-21(27-31-20)16-5-3-4-6-17(16)23/h3-10,12H,11H2,1-2H3. The van der Waals surface area contributed by atoms with Gasteiger partial charge in [0.15, 0.2) is 0 Å². The Labute approximate surface area is 181 Å². The van der Waals surface area contributed by atoms with E-state index in [9.17, 15) is 4.79 Å². The largest absolute Gasteiger partial charge is 0.337 e. The molecule has 0 radical (unpaired) electrons. The topological polar surface area (TPSA) is 91.1 Å². The quantitative estimate of drug-likeness (QED) is 0.427. The third-order valence-electron chi connectivity index (χ3n) is 5.02. The third kappa shape index (κ3) is 3.51. The lowest BCUT2D eigenvalue weighted by Crippen LogP contribution is -2.25. The molecule has 0 atom stereocenters. The molecule has 0 saturated carbocycles. The molecule has 3 aromatic heterocycles. The van der Waals surface area contributed by atoms with Gasteiger partial charge in [0.05, 0.1) is 10.7 Å². The molecule has 9 heteroatoms. The zero-order chi connectivity index (χ0) is 21.5. The zero-order valence-corrected chi connectivity index (χ0v) is 17.5. The molecule has 5 aromatic rings. The second-order valence-corrected chi connectivity index (χ2v) is 7.67. The summed E-state index contributed by atoms with van der Waals surface area (Å²) in [7, 11) is 0. The monoisotopic (exact) mass is 432 g/mol. The van der Waals surface area contributed by atoms with E-state index in [0.717, 1.165) is 11.1 Å². The van der Waals surface area contributed by atoms with Gasteiger partial charge in [-0.05, 0) is 37.6 Å². The number of aromatic nitrogens is 6. The molecule has 0 fully saturated rings. The van der Waals surface area contributed by atoms with Crippen LogP contribution in [-0.2, 0) is 6.54 Å². The molecule has 8 nitrogen and oxygen atoms in total. The highest BCUT2D eigenvalue weighted by molar-refractivity contribution is 6.33. The van der Waals surface area contributed by atoms with Gasteiger partial charge in [0, 0.05) is 11.1 Å². The Kier molecular flexibility index (Phi) is 4.63.